The summed E-state index contributed by atoms with van der Waals surface area (Å²) in [5, 5.41) is 6.64. The summed E-state index contributed by atoms with van der Waals surface area (Å²) in [6.07, 6.45) is 5.07. The number of nitrogens with zero attached hydrogens (tertiary/aromatic N) is 1. The van der Waals surface area contributed by atoms with Gasteiger partial charge >= 0.3 is 0 Å². The molecular formula is C21H29N3O3. The number of guanidine groups is 1. The Morgan fingerprint density at radius 3 is 2.78 bits per heavy atom. The first kappa shape index (κ1) is 19.3. The summed E-state index contributed by atoms with van der Waals surface area (Å²) in [5.74, 6) is 3.38. The highest BCUT2D eigenvalue weighted by atomic mass is 16.5. The molecule has 2 N–H and O–H groups in total. The molecule has 1 aliphatic carbocycles. The molecule has 0 aliphatic heterocycles. The van der Waals surface area contributed by atoms with Crippen LogP contribution in [-0.4, -0.2) is 39.4 Å². The van der Waals surface area contributed by atoms with Crippen LogP contribution in [0.4, 0.5) is 0 Å². The van der Waals surface area contributed by atoms with E-state index in [0.29, 0.717) is 19.7 Å². The second kappa shape index (κ2) is 10.6. The number of hydrogen-bond acceptors (Lipinski definition) is 4. The standard InChI is InChI=1S/C21H29N3O3/c1-25-14-12-23-21(22-11-10-19-6-4-13-26-19)24-15-18-5-2-3-7-20(18)27-16-17-8-9-17/h2-7,13,17H,8-12,14-16H2,1H3,(H2,22,23,24). The Balaban J connectivity index is 1.55. The largest absolute Gasteiger partial charge is 0.493 e. The third-order valence-electron chi connectivity index (χ3n) is 4.39. The predicted octanol–water partition coefficient (Wildman–Crippen LogP) is 2.99. The molecule has 0 saturated heterocycles. The maximum absolute atomic E-state index is 5.98. The molecule has 0 spiro atoms. The van der Waals surface area contributed by atoms with Crippen LogP contribution in [0.1, 0.15) is 24.2 Å². The van der Waals surface area contributed by atoms with Crippen molar-refractivity contribution >= 4 is 5.96 Å². The van der Waals surface area contributed by atoms with E-state index in [1.165, 1.54) is 12.8 Å². The van der Waals surface area contributed by atoms with E-state index in [1.807, 2.05) is 30.3 Å². The van der Waals surface area contributed by atoms with E-state index < -0.39 is 0 Å². The Labute approximate surface area is 161 Å². The molecule has 146 valence electrons. The second-order valence-corrected chi connectivity index (χ2v) is 6.70. The van der Waals surface area contributed by atoms with Gasteiger partial charge in [0.15, 0.2) is 5.96 Å². The Bertz CT molecular complexity index is 696. The lowest BCUT2D eigenvalue weighted by molar-refractivity contribution is 0.203. The van der Waals surface area contributed by atoms with E-state index in [9.17, 15) is 0 Å². The summed E-state index contributed by atoms with van der Waals surface area (Å²) in [6.45, 7) is 3.43. The second-order valence-electron chi connectivity index (χ2n) is 6.70. The molecule has 0 unspecified atom stereocenters. The summed E-state index contributed by atoms with van der Waals surface area (Å²) in [6, 6.07) is 12.0. The average Bonchev–Trinajstić information content (AvgIpc) is 3.38. The average molecular weight is 371 g/mol. The Hall–Kier alpha value is -2.47. The SMILES string of the molecule is COCCNC(=NCc1ccccc1OCC1CC1)NCCc1ccco1. The van der Waals surface area contributed by atoms with Gasteiger partial charge in [-0.15, -0.1) is 0 Å². The van der Waals surface area contributed by atoms with Gasteiger partial charge < -0.3 is 24.5 Å². The molecule has 3 rings (SSSR count). The number of ether oxygens (including phenoxy) is 2. The van der Waals surface area contributed by atoms with Gasteiger partial charge in [0.25, 0.3) is 0 Å². The van der Waals surface area contributed by atoms with Crippen molar-refractivity contribution in [2.45, 2.75) is 25.8 Å². The van der Waals surface area contributed by atoms with Crippen molar-refractivity contribution in [3.8, 4) is 5.75 Å². The van der Waals surface area contributed by atoms with Crippen LogP contribution in [0, 0.1) is 5.92 Å². The fourth-order valence-corrected chi connectivity index (χ4v) is 2.64. The summed E-state index contributed by atoms with van der Waals surface area (Å²) in [7, 11) is 1.69. The van der Waals surface area contributed by atoms with Crippen molar-refractivity contribution < 1.29 is 13.9 Å². The number of furan rings is 1. The van der Waals surface area contributed by atoms with Crippen molar-refractivity contribution in [3.05, 3.63) is 54.0 Å². The zero-order chi connectivity index (χ0) is 18.7. The number of methoxy groups -OCH3 is 1. The summed E-state index contributed by atoms with van der Waals surface area (Å²) >= 11 is 0. The van der Waals surface area contributed by atoms with Gasteiger partial charge in [-0.1, -0.05) is 18.2 Å². The molecule has 0 amide bonds. The highest BCUT2D eigenvalue weighted by molar-refractivity contribution is 5.79. The van der Waals surface area contributed by atoms with Gasteiger partial charge in [0.05, 0.1) is 26.0 Å². The summed E-state index contributed by atoms with van der Waals surface area (Å²) in [5.41, 5.74) is 1.09. The molecule has 0 bridgehead atoms. The normalized spacial score (nSPS) is 14.2. The van der Waals surface area contributed by atoms with Crippen LogP contribution in [-0.2, 0) is 17.7 Å². The first-order chi connectivity index (χ1) is 13.3. The molecule has 27 heavy (non-hydrogen) atoms. The lowest BCUT2D eigenvalue weighted by Gasteiger charge is -2.13. The number of nitrogens with one attached hydrogen (secondary N) is 2. The highest BCUT2D eigenvalue weighted by Crippen LogP contribution is 2.30. The van der Waals surface area contributed by atoms with Crippen molar-refractivity contribution in [2.75, 3.05) is 33.4 Å². The molecule has 6 heteroatoms. The summed E-state index contributed by atoms with van der Waals surface area (Å²) < 4.78 is 16.5. The number of benzene rings is 1. The predicted molar refractivity (Wildman–Crippen MR) is 106 cm³/mol. The molecule has 1 aliphatic rings. The monoisotopic (exact) mass is 371 g/mol. The minimum Gasteiger partial charge on any atom is -0.493 e. The van der Waals surface area contributed by atoms with Crippen LogP contribution in [0.25, 0.3) is 0 Å². The fourth-order valence-electron chi connectivity index (χ4n) is 2.64. The van der Waals surface area contributed by atoms with Crippen LogP contribution in [0.3, 0.4) is 0 Å². The van der Waals surface area contributed by atoms with E-state index in [4.69, 9.17) is 18.9 Å². The topological polar surface area (TPSA) is 68.0 Å². The van der Waals surface area contributed by atoms with E-state index in [0.717, 1.165) is 48.5 Å². The minimum absolute atomic E-state index is 0.559. The first-order valence-corrected chi connectivity index (χ1v) is 9.59. The molecule has 1 saturated carbocycles. The van der Waals surface area contributed by atoms with E-state index >= 15 is 0 Å². The van der Waals surface area contributed by atoms with Crippen LogP contribution >= 0.6 is 0 Å². The third-order valence-corrected chi connectivity index (χ3v) is 4.39. The fraction of sp³-hybridized carbons (Fsp3) is 0.476. The smallest absolute Gasteiger partial charge is 0.191 e. The summed E-state index contributed by atoms with van der Waals surface area (Å²) in [4.78, 5) is 4.72. The maximum Gasteiger partial charge on any atom is 0.191 e. The van der Waals surface area contributed by atoms with E-state index in [1.54, 1.807) is 13.4 Å². The van der Waals surface area contributed by atoms with Gasteiger partial charge in [-0.05, 0) is 37.0 Å². The molecule has 1 fully saturated rings. The van der Waals surface area contributed by atoms with Gasteiger partial charge in [0.1, 0.15) is 11.5 Å². The highest BCUT2D eigenvalue weighted by Gasteiger charge is 2.22. The number of aliphatic imine (C=N–C) groups is 1. The quantitative estimate of drug-likeness (QED) is 0.361. The molecular weight excluding hydrogens is 342 g/mol. The molecule has 1 aromatic heterocycles. The lowest BCUT2D eigenvalue weighted by Crippen LogP contribution is -2.40. The molecule has 6 nitrogen and oxygen atoms in total. The van der Waals surface area contributed by atoms with Gasteiger partial charge in [0.2, 0.25) is 0 Å². The lowest BCUT2D eigenvalue weighted by atomic mass is 10.2. The van der Waals surface area contributed by atoms with Crippen LogP contribution < -0.4 is 15.4 Å². The first-order valence-electron chi connectivity index (χ1n) is 9.59. The Morgan fingerprint density at radius 2 is 2.00 bits per heavy atom. The van der Waals surface area contributed by atoms with Gasteiger partial charge in [-0.2, -0.15) is 0 Å². The number of hydrogen-bond donors (Lipinski definition) is 2. The molecule has 1 aromatic carbocycles. The van der Waals surface area contributed by atoms with Gasteiger partial charge in [0, 0.05) is 32.2 Å². The van der Waals surface area contributed by atoms with Crippen LogP contribution in [0.2, 0.25) is 0 Å². The number of rotatable bonds is 11. The van der Waals surface area contributed by atoms with E-state index in [-0.39, 0.29) is 0 Å². The van der Waals surface area contributed by atoms with Gasteiger partial charge in [-0.25, -0.2) is 4.99 Å². The van der Waals surface area contributed by atoms with E-state index in [2.05, 4.69) is 16.7 Å². The number of para-hydroxylation sites is 1. The van der Waals surface area contributed by atoms with Gasteiger partial charge in [-0.3, -0.25) is 0 Å². The zero-order valence-corrected chi connectivity index (χ0v) is 15.9. The molecule has 2 aromatic rings. The van der Waals surface area contributed by atoms with Crippen molar-refractivity contribution in [1.29, 1.82) is 0 Å². The van der Waals surface area contributed by atoms with Crippen molar-refractivity contribution in [1.82, 2.24) is 10.6 Å². The molecule has 0 radical (unpaired) electrons. The Kier molecular flexibility index (Phi) is 7.59. The third kappa shape index (κ3) is 6.98. The zero-order valence-electron chi connectivity index (χ0n) is 15.9. The Morgan fingerprint density at radius 1 is 1.15 bits per heavy atom. The van der Waals surface area contributed by atoms with Crippen molar-refractivity contribution in [3.63, 3.8) is 0 Å². The maximum atomic E-state index is 5.98. The van der Waals surface area contributed by atoms with Crippen LogP contribution in [0.5, 0.6) is 5.75 Å². The van der Waals surface area contributed by atoms with Crippen molar-refractivity contribution in [2.24, 2.45) is 10.9 Å². The molecule has 1 heterocycles. The van der Waals surface area contributed by atoms with Crippen LogP contribution in [0.15, 0.2) is 52.1 Å². The molecule has 0 atom stereocenters. The minimum atomic E-state index is 0.559.